The molecule has 0 atom stereocenters. The fourth-order valence-corrected chi connectivity index (χ4v) is 3.87. The SMILES string of the molecule is NCCO.O=C(Nc1ccc(Nc2ccnc3[nH]c(=O)c4c(C(=O)O)cccc4c23)cc1)c1ccccc1. The van der Waals surface area contributed by atoms with Crippen LogP contribution in [0, 0.1) is 0 Å². The summed E-state index contributed by atoms with van der Waals surface area (Å²) < 4.78 is 0. The lowest BCUT2D eigenvalue weighted by atomic mass is 10.0. The maximum atomic E-state index is 12.6. The molecule has 2 aromatic heterocycles. The molecule has 2 heterocycles. The van der Waals surface area contributed by atoms with E-state index in [9.17, 15) is 19.5 Å². The molecule has 0 aliphatic heterocycles. The zero-order valence-electron chi connectivity index (χ0n) is 20.1. The van der Waals surface area contributed by atoms with Gasteiger partial charge in [0.2, 0.25) is 0 Å². The van der Waals surface area contributed by atoms with Gasteiger partial charge in [-0.3, -0.25) is 9.59 Å². The van der Waals surface area contributed by atoms with Gasteiger partial charge in [0.05, 0.1) is 23.2 Å². The normalized spacial score (nSPS) is 10.5. The molecule has 10 nitrogen and oxygen atoms in total. The number of aliphatic hydroxyl groups excluding tert-OH is 1. The number of carboxylic acid groups (broad SMARTS) is 1. The van der Waals surface area contributed by atoms with E-state index in [1.807, 2.05) is 18.2 Å². The van der Waals surface area contributed by atoms with Crippen molar-refractivity contribution in [3.8, 4) is 0 Å². The minimum absolute atomic E-state index is 0.0750. The third-order valence-corrected chi connectivity index (χ3v) is 5.56. The fourth-order valence-electron chi connectivity index (χ4n) is 3.87. The highest BCUT2D eigenvalue weighted by atomic mass is 16.4. The lowest BCUT2D eigenvalue weighted by molar-refractivity contribution is 0.0698. The molecule has 0 radical (unpaired) electrons. The number of nitrogens with zero attached hydrogens (tertiary/aromatic N) is 1. The van der Waals surface area contributed by atoms with E-state index in [1.165, 1.54) is 6.07 Å². The van der Waals surface area contributed by atoms with Gasteiger partial charge >= 0.3 is 5.97 Å². The highest BCUT2D eigenvalue weighted by Crippen LogP contribution is 2.31. The third-order valence-electron chi connectivity index (χ3n) is 5.56. The highest BCUT2D eigenvalue weighted by Gasteiger charge is 2.16. The van der Waals surface area contributed by atoms with Gasteiger partial charge in [0, 0.05) is 40.5 Å². The number of aromatic carboxylic acids is 1. The van der Waals surface area contributed by atoms with Crippen LogP contribution in [-0.2, 0) is 0 Å². The molecule has 10 heteroatoms. The molecule has 1 amide bonds. The van der Waals surface area contributed by atoms with Crippen LogP contribution in [0.25, 0.3) is 21.8 Å². The van der Waals surface area contributed by atoms with Gasteiger partial charge in [0.1, 0.15) is 5.65 Å². The third kappa shape index (κ3) is 5.67. The van der Waals surface area contributed by atoms with E-state index in [0.717, 1.165) is 5.69 Å². The van der Waals surface area contributed by atoms with Crippen molar-refractivity contribution in [3.05, 3.63) is 107 Å². The van der Waals surface area contributed by atoms with E-state index in [0.29, 0.717) is 39.9 Å². The lowest BCUT2D eigenvalue weighted by Gasteiger charge is -2.13. The number of hydrogen-bond donors (Lipinski definition) is 6. The molecule has 0 aliphatic rings. The molecule has 7 N–H and O–H groups in total. The molecule has 0 fully saturated rings. The van der Waals surface area contributed by atoms with Crippen LogP contribution in [0.2, 0.25) is 0 Å². The highest BCUT2D eigenvalue weighted by molar-refractivity contribution is 6.15. The minimum Gasteiger partial charge on any atom is -0.478 e. The average molecular weight is 512 g/mol. The Bertz CT molecular complexity index is 1650. The number of nitrogens with two attached hydrogens (primary N) is 1. The predicted molar refractivity (Wildman–Crippen MR) is 147 cm³/mol. The van der Waals surface area contributed by atoms with Crippen LogP contribution in [0.4, 0.5) is 17.1 Å². The molecule has 0 aliphatic carbocycles. The van der Waals surface area contributed by atoms with Gasteiger partial charge in [0.15, 0.2) is 0 Å². The van der Waals surface area contributed by atoms with Gasteiger partial charge in [-0.1, -0.05) is 30.3 Å². The number of carbonyl (C=O) groups excluding carboxylic acids is 1. The molecule has 0 spiro atoms. The average Bonchev–Trinajstić information content (AvgIpc) is 2.94. The summed E-state index contributed by atoms with van der Waals surface area (Å²) in [4.78, 5) is 43.6. The summed E-state index contributed by atoms with van der Waals surface area (Å²) in [7, 11) is 0. The summed E-state index contributed by atoms with van der Waals surface area (Å²) in [6.07, 6.45) is 1.56. The zero-order valence-corrected chi connectivity index (χ0v) is 20.1. The number of anilines is 3. The van der Waals surface area contributed by atoms with Crippen LogP contribution >= 0.6 is 0 Å². The molecule has 38 heavy (non-hydrogen) atoms. The molecule has 0 saturated heterocycles. The Balaban J connectivity index is 0.000000786. The topological polar surface area (TPSA) is 170 Å². The number of aromatic nitrogens is 2. The monoisotopic (exact) mass is 511 g/mol. The van der Waals surface area contributed by atoms with E-state index in [-0.39, 0.29) is 23.5 Å². The van der Waals surface area contributed by atoms with Crippen molar-refractivity contribution in [1.29, 1.82) is 0 Å². The van der Waals surface area contributed by atoms with Gasteiger partial charge in [-0.05, 0) is 48.5 Å². The van der Waals surface area contributed by atoms with Crippen molar-refractivity contribution >= 4 is 50.7 Å². The number of aromatic amines is 1. The molecule has 3 aromatic carbocycles. The number of hydrogen-bond acceptors (Lipinski definition) is 7. The Morgan fingerprint density at radius 1 is 0.895 bits per heavy atom. The van der Waals surface area contributed by atoms with E-state index in [2.05, 4.69) is 20.6 Å². The van der Waals surface area contributed by atoms with Gasteiger partial charge in [-0.15, -0.1) is 0 Å². The smallest absolute Gasteiger partial charge is 0.336 e. The van der Waals surface area contributed by atoms with E-state index >= 15 is 0 Å². The number of aliphatic hydroxyl groups is 1. The van der Waals surface area contributed by atoms with Gasteiger partial charge < -0.3 is 31.6 Å². The number of rotatable bonds is 6. The number of carboxylic acids is 1. The molecular weight excluding hydrogens is 486 g/mol. The van der Waals surface area contributed by atoms with Gasteiger partial charge in [0.25, 0.3) is 11.5 Å². The van der Waals surface area contributed by atoms with Gasteiger partial charge in [-0.25, -0.2) is 9.78 Å². The van der Waals surface area contributed by atoms with Crippen molar-refractivity contribution in [3.63, 3.8) is 0 Å². The Hall–Kier alpha value is -5.06. The number of fused-ring (bicyclic) bond motifs is 3. The summed E-state index contributed by atoms with van der Waals surface area (Å²) >= 11 is 0. The largest absolute Gasteiger partial charge is 0.478 e. The predicted octanol–water partition coefficient (Wildman–Crippen LogP) is 3.71. The summed E-state index contributed by atoms with van der Waals surface area (Å²) in [5.74, 6) is -1.38. The Labute approximate surface area is 216 Å². The van der Waals surface area contributed by atoms with Crippen LogP contribution in [0.15, 0.2) is 89.9 Å². The van der Waals surface area contributed by atoms with Crippen molar-refractivity contribution in [1.82, 2.24) is 9.97 Å². The Morgan fingerprint density at radius 3 is 2.24 bits per heavy atom. The summed E-state index contributed by atoms with van der Waals surface area (Å²) in [6, 6.07) is 22.6. The number of benzene rings is 3. The summed E-state index contributed by atoms with van der Waals surface area (Å²) in [5, 5.41) is 24.6. The second kappa shape index (κ2) is 11.8. The lowest BCUT2D eigenvalue weighted by Crippen LogP contribution is -2.12. The molecular formula is C28H25N5O5. The number of H-pyrrole nitrogens is 1. The molecule has 192 valence electrons. The molecule has 0 saturated carbocycles. The van der Waals surface area contributed by atoms with E-state index < -0.39 is 11.5 Å². The van der Waals surface area contributed by atoms with Crippen molar-refractivity contribution in [2.45, 2.75) is 0 Å². The van der Waals surface area contributed by atoms with Crippen LogP contribution in [0.5, 0.6) is 0 Å². The molecule has 5 rings (SSSR count). The molecule has 0 unspecified atom stereocenters. The standard InChI is InChI=1S/C26H18N4O4.C2H7NO/c31-24(15-5-2-1-3-6-15)29-17-11-9-16(10-12-17)28-20-13-14-27-23-22(20)18-7-4-8-19(26(33)34)21(18)25(32)30-23;3-1-2-4/h1-14H,(H,29,31)(H,33,34)(H2,27,28,30,32);4H,1-3H2. The Kier molecular flexibility index (Phi) is 8.07. The first-order chi connectivity index (χ1) is 18.4. The first-order valence-electron chi connectivity index (χ1n) is 11.6. The second-order valence-corrected chi connectivity index (χ2v) is 8.10. The zero-order chi connectivity index (χ0) is 27.1. The number of pyridine rings is 2. The van der Waals surface area contributed by atoms with Crippen molar-refractivity contribution in [2.75, 3.05) is 23.8 Å². The second-order valence-electron chi connectivity index (χ2n) is 8.10. The maximum absolute atomic E-state index is 12.6. The quantitative estimate of drug-likeness (QED) is 0.187. The number of amides is 1. The first kappa shape index (κ1) is 26.0. The van der Waals surface area contributed by atoms with E-state index in [4.69, 9.17) is 10.8 Å². The Morgan fingerprint density at radius 2 is 1.58 bits per heavy atom. The summed E-state index contributed by atoms with van der Waals surface area (Å²) in [6.45, 7) is 0.472. The minimum atomic E-state index is -1.18. The van der Waals surface area contributed by atoms with Crippen LogP contribution < -0.4 is 21.9 Å². The maximum Gasteiger partial charge on any atom is 0.336 e. The van der Waals surface area contributed by atoms with E-state index in [1.54, 1.807) is 60.8 Å². The van der Waals surface area contributed by atoms with Crippen molar-refractivity contribution < 1.29 is 19.8 Å². The fraction of sp³-hybridized carbons (Fsp3) is 0.0714. The first-order valence-corrected chi connectivity index (χ1v) is 11.6. The van der Waals surface area contributed by atoms with Crippen LogP contribution in [-0.4, -0.2) is 45.2 Å². The molecule has 5 aromatic rings. The van der Waals surface area contributed by atoms with Crippen molar-refractivity contribution in [2.24, 2.45) is 5.73 Å². The van der Waals surface area contributed by atoms with Crippen LogP contribution in [0.3, 0.4) is 0 Å². The number of carbonyl (C=O) groups is 2. The molecule has 0 bridgehead atoms. The number of nitrogens with one attached hydrogen (secondary N) is 3. The van der Waals surface area contributed by atoms with Gasteiger partial charge in [-0.2, -0.15) is 0 Å². The van der Waals surface area contributed by atoms with Crippen LogP contribution in [0.1, 0.15) is 20.7 Å². The summed E-state index contributed by atoms with van der Waals surface area (Å²) in [5.41, 5.74) is 7.12.